The van der Waals surface area contributed by atoms with Crippen LogP contribution in [0.25, 0.3) is 0 Å². The van der Waals surface area contributed by atoms with Gasteiger partial charge in [-0.3, -0.25) is 0 Å². The molecule has 0 radical (unpaired) electrons. The molecule has 0 bridgehead atoms. The summed E-state index contributed by atoms with van der Waals surface area (Å²) in [5.41, 5.74) is 2.09. The molecule has 0 aliphatic heterocycles. The highest BCUT2D eigenvalue weighted by Gasteiger charge is 2.22. The van der Waals surface area contributed by atoms with Gasteiger partial charge >= 0.3 is 0 Å². The highest BCUT2D eigenvalue weighted by molar-refractivity contribution is 9.09. The fourth-order valence-corrected chi connectivity index (χ4v) is 4.50. The second-order valence-corrected chi connectivity index (χ2v) is 7.02. The molecule has 3 rings (SSSR count). The first-order valence-corrected chi connectivity index (χ1v) is 8.00. The minimum atomic E-state index is -0.357. The van der Waals surface area contributed by atoms with E-state index in [-0.39, 0.29) is 16.5 Å². The molecular weight excluding hydrogens is 330 g/mol. The number of alkyl halides is 1. The molecule has 1 unspecified atom stereocenters. The van der Waals surface area contributed by atoms with Crippen molar-refractivity contribution in [2.75, 3.05) is 0 Å². The Labute approximate surface area is 123 Å². The highest BCUT2D eigenvalue weighted by atomic mass is 79.9. The molecule has 1 aromatic heterocycles. The third-order valence-corrected chi connectivity index (χ3v) is 6.16. The van der Waals surface area contributed by atoms with Crippen LogP contribution in [0.15, 0.2) is 18.2 Å². The molecular formula is C15H13BrF2S. The van der Waals surface area contributed by atoms with Crippen molar-refractivity contribution < 1.29 is 8.78 Å². The molecule has 4 heteroatoms. The second-order valence-electron chi connectivity index (χ2n) is 4.94. The zero-order chi connectivity index (χ0) is 13.6. The van der Waals surface area contributed by atoms with Crippen LogP contribution in [0.2, 0.25) is 0 Å². The molecule has 1 heterocycles. The van der Waals surface area contributed by atoms with E-state index in [1.54, 1.807) is 18.3 Å². The Balaban J connectivity index is 1.99. The average molecular weight is 343 g/mol. The van der Waals surface area contributed by atoms with Crippen molar-refractivity contribution in [1.82, 2.24) is 0 Å². The molecule has 1 aromatic carbocycles. The van der Waals surface area contributed by atoms with Gasteiger partial charge in [-0.25, -0.2) is 8.78 Å². The summed E-state index contributed by atoms with van der Waals surface area (Å²) in [5, 5.41) is 0. The fraction of sp³-hybridized carbons (Fsp3) is 0.333. The summed E-state index contributed by atoms with van der Waals surface area (Å²) < 4.78 is 27.6. The van der Waals surface area contributed by atoms with Gasteiger partial charge < -0.3 is 0 Å². The summed E-state index contributed by atoms with van der Waals surface area (Å²) >= 11 is 5.22. The van der Waals surface area contributed by atoms with Crippen molar-refractivity contribution in [2.24, 2.45) is 0 Å². The van der Waals surface area contributed by atoms with E-state index >= 15 is 0 Å². The van der Waals surface area contributed by atoms with Crippen LogP contribution in [0.1, 0.15) is 37.7 Å². The van der Waals surface area contributed by atoms with Crippen molar-refractivity contribution in [3.63, 3.8) is 0 Å². The maximum absolute atomic E-state index is 14.0. The molecule has 1 aliphatic carbocycles. The largest absolute Gasteiger partial charge is 0.207 e. The van der Waals surface area contributed by atoms with Crippen LogP contribution in [0, 0.1) is 18.6 Å². The smallest absolute Gasteiger partial charge is 0.128 e. The Hall–Kier alpha value is -0.740. The number of fused-ring (bicyclic) bond motifs is 1. The zero-order valence-corrected chi connectivity index (χ0v) is 12.9. The summed E-state index contributed by atoms with van der Waals surface area (Å²) in [5.74, 6) is -0.709. The maximum atomic E-state index is 14.0. The van der Waals surface area contributed by atoms with Crippen LogP contribution < -0.4 is 0 Å². The predicted octanol–water partition coefficient (Wildman–Crippen LogP) is 5.31. The number of thiophene rings is 1. The summed E-state index contributed by atoms with van der Waals surface area (Å²) in [7, 11) is 0. The van der Waals surface area contributed by atoms with E-state index in [0.29, 0.717) is 11.1 Å². The van der Waals surface area contributed by atoms with Crippen molar-refractivity contribution >= 4 is 27.3 Å². The molecule has 1 atom stereocenters. The topological polar surface area (TPSA) is 0 Å². The van der Waals surface area contributed by atoms with Crippen LogP contribution in [0.4, 0.5) is 8.78 Å². The SMILES string of the molecule is Cc1cc(F)c(C(Br)c2cc3c(s2)CCC3)cc1F. The minimum Gasteiger partial charge on any atom is -0.207 e. The molecule has 19 heavy (non-hydrogen) atoms. The Morgan fingerprint density at radius 3 is 2.68 bits per heavy atom. The molecule has 100 valence electrons. The molecule has 0 saturated heterocycles. The quantitative estimate of drug-likeness (QED) is 0.649. The lowest BCUT2D eigenvalue weighted by Gasteiger charge is -2.11. The van der Waals surface area contributed by atoms with E-state index in [1.807, 2.05) is 0 Å². The molecule has 2 aromatic rings. The monoisotopic (exact) mass is 342 g/mol. The van der Waals surface area contributed by atoms with Crippen LogP contribution in [0.5, 0.6) is 0 Å². The first-order valence-electron chi connectivity index (χ1n) is 6.27. The van der Waals surface area contributed by atoms with Gasteiger partial charge in [-0.05, 0) is 55.5 Å². The van der Waals surface area contributed by atoms with Crippen LogP contribution in [0.3, 0.4) is 0 Å². The van der Waals surface area contributed by atoms with E-state index in [1.165, 1.54) is 29.0 Å². The van der Waals surface area contributed by atoms with E-state index < -0.39 is 0 Å². The summed E-state index contributed by atoms with van der Waals surface area (Å²) in [4.78, 5) is 2.19. The number of hydrogen-bond acceptors (Lipinski definition) is 1. The molecule has 0 saturated carbocycles. The fourth-order valence-electron chi connectivity index (χ4n) is 2.49. The van der Waals surface area contributed by atoms with Gasteiger partial charge in [0.2, 0.25) is 0 Å². The van der Waals surface area contributed by atoms with Gasteiger partial charge in [-0.15, -0.1) is 11.3 Å². The molecule has 1 aliphatic rings. The van der Waals surface area contributed by atoms with Crippen molar-refractivity contribution in [3.8, 4) is 0 Å². The van der Waals surface area contributed by atoms with E-state index in [2.05, 4.69) is 22.0 Å². The molecule has 0 N–H and O–H groups in total. The van der Waals surface area contributed by atoms with E-state index in [0.717, 1.165) is 17.7 Å². The number of aryl methyl sites for hydroxylation is 3. The molecule has 0 spiro atoms. The normalized spacial score (nSPS) is 15.6. The van der Waals surface area contributed by atoms with E-state index in [4.69, 9.17) is 0 Å². The van der Waals surface area contributed by atoms with Gasteiger partial charge in [-0.1, -0.05) is 15.9 Å². The van der Waals surface area contributed by atoms with Gasteiger partial charge in [0, 0.05) is 15.3 Å². The van der Waals surface area contributed by atoms with Gasteiger partial charge in [0.15, 0.2) is 0 Å². The van der Waals surface area contributed by atoms with Crippen molar-refractivity contribution in [2.45, 2.75) is 31.0 Å². The van der Waals surface area contributed by atoms with Crippen LogP contribution in [-0.4, -0.2) is 0 Å². The van der Waals surface area contributed by atoms with Gasteiger partial charge in [-0.2, -0.15) is 0 Å². The lowest BCUT2D eigenvalue weighted by Crippen LogP contribution is -1.98. The maximum Gasteiger partial charge on any atom is 0.128 e. The minimum absolute atomic E-state index is 0.266. The lowest BCUT2D eigenvalue weighted by molar-refractivity contribution is 0.581. The standard InChI is InChI=1S/C15H13BrF2S/c1-8-5-12(18)10(7-11(8)17)15(16)14-6-9-3-2-4-13(9)19-14/h5-7,15H,2-4H2,1H3. The summed E-state index contributed by atoms with van der Waals surface area (Å²) in [6.45, 7) is 1.57. The van der Waals surface area contributed by atoms with Gasteiger partial charge in [0.05, 0.1) is 4.83 Å². The van der Waals surface area contributed by atoms with Crippen molar-refractivity contribution in [3.05, 3.63) is 56.3 Å². The third-order valence-electron chi connectivity index (χ3n) is 3.57. The number of halogens is 3. The summed E-state index contributed by atoms with van der Waals surface area (Å²) in [6.07, 6.45) is 3.43. The van der Waals surface area contributed by atoms with Gasteiger partial charge in [0.25, 0.3) is 0 Å². The molecule has 0 amide bonds. The Bertz CT molecular complexity index is 612. The molecule has 0 nitrogen and oxygen atoms in total. The first-order chi connectivity index (χ1) is 9.06. The van der Waals surface area contributed by atoms with Crippen molar-refractivity contribution in [1.29, 1.82) is 0 Å². The van der Waals surface area contributed by atoms with Gasteiger partial charge in [0.1, 0.15) is 11.6 Å². The Morgan fingerprint density at radius 2 is 1.95 bits per heavy atom. The van der Waals surface area contributed by atoms with Crippen LogP contribution >= 0.6 is 27.3 Å². The number of rotatable bonds is 2. The predicted molar refractivity (Wildman–Crippen MR) is 78.2 cm³/mol. The molecule has 0 fully saturated rings. The number of hydrogen-bond donors (Lipinski definition) is 0. The average Bonchev–Trinajstić information content (AvgIpc) is 2.93. The van der Waals surface area contributed by atoms with Crippen LogP contribution in [-0.2, 0) is 12.8 Å². The summed E-state index contributed by atoms with van der Waals surface area (Å²) in [6, 6.07) is 4.69. The third kappa shape index (κ3) is 2.36. The lowest BCUT2D eigenvalue weighted by atomic mass is 10.1. The Morgan fingerprint density at radius 1 is 1.16 bits per heavy atom. The number of benzene rings is 1. The Kier molecular flexibility index (Phi) is 3.48. The second kappa shape index (κ2) is 4.98. The highest BCUT2D eigenvalue weighted by Crippen LogP contribution is 2.41. The zero-order valence-electron chi connectivity index (χ0n) is 10.5. The van der Waals surface area contributed by atoms with E-state index in [9.17, 15) is 8.78 Å². The first kappa shape index (κ1) is 13.3.